The Morgan fingerprint density at radius 2 is 1.96 bits per heavy atom. The molecule has 1 aromatic heterocycles. The number of benzene rings is 2. The molecule has 1 N–H and O–H groups in total. The molecule has 2 heterocycles. The van der Waals surface area contributed by atoms with Crippen LogP contribution in [-0.2, 0) is 0 Å². The van der Waals surface area contributed by atoms with Crippen LogP contribution >= 0.6 is 0 Å². The average Bonchev–Trinajstić information content (AvgIpc) is 3.13. The first kappa shape index (κ1) is 14.7. The maximum absolute atomic E-state index is 12.6. The Balaban J connectivity index is 1.49. The number of hydrogen-bond donors (Lipinski definition) is 1. The Labute approximate surface area is 141 Å². The summed E-state index contributed by atoms with van der Waals surface area (Å²) in [6, 6.07) is 18.2. The van der Waals surface area contributed by atoms with Crippen molar-refractivity contribution in [2.75, 3.05) is 18.4 Å². The zero-order valence-electron chi connectivity index (χ0n) is 13.4. The van der Waals surface area contributed by atoms with Crippen LogP contribution in [0.15, 0.2) is 67.0 Å². The van der Waals surface area contributed by atoms with Gasteiger partial charge in [-0.3, -0.25) is 4.98 Å². The van der Waals surface area contributed by atoms with Gasteiger partial charge in [0.2, 0.25) is 0 Å². The van der Waals surface area contributed by atoms with Gasteiger partial charge < -0.3 is 10.2 Å². The second kappa shape index (κ2) is 6.32. The summed E-state index contributed by atoms with van der Waals surface area (Å²) >= 11 is 0. The number of rotatable bonds is 2. The predicted octanol–water partition coefficient (Wildman–Crippen LogP) is 4.26. The van der Waals surface area contributed by atoms with Crippen molar-refractivity contribution in [1.29, 1.82) is 0 Å². The van der Waals surface area contributed by atoms with Gasteiger partial charge in [0.25, 0.3) is 0 Å². The van der Waals surface area contributed by atoms with Gasteiger partial charge in [-0.25, -0.2) is 4.79 Å². The molecule has 1 fully saturated rings. The van der Waals surface area contributed by atoms with Crippen molar-refractivity contribution in [2.45, 2.75) is 12.3 Å². The van der Waals surface area contributed by atoms with Crippen LogP contribution in [0.3, 0.4) is 0 Å². The Hall–Kier alpha value is -2.88. The van der Waals surface area contributed by atoms with E-state index in [1.165, 1.54) is 5.56 Å². The highest BCUT2D eigenvalue weighted by molar-refractivity contribution is 6.01. The lowest BCUT2D eigenvalue weighted by Gasteiger charge is -2.18. The lowest BCUT2D eigenvalue weighted by atomic mass is 9.99. The topological polar surface area (TPSA) is 45.2 Å². The molecule has 2 amide bonds. The number of nitrogens with one attached hydrogen (secondary N) is 1. The lowest BCUT2D eigenvalue weighted by molar-refractivity contribution is 0.222. The van der Waals surface area contributed by atoms with E-state index in [0.29, 0.717) is 5.92 Å². The zero-order valence-corrected chi connectivity index (χ0v) is 13.4. The standard InChI is InChI=1S/C20H19N3O/c24-20(22-19-8-4-7-16-13-21-11-9-18(16)19)23-12-10-17(14-23)15-5-2-1-3-6-15/h1-9,11,13,17H,10,12,14H2,(H,22,24)/t17-/m1/s1. The van der Waals surface area contributed by atoms with E-state index in [1.54, 1.807) is 6.20 Å². The highest BCUT2D eigenvalue weighted by atomic mass is 16.2. The molecule has 1 atom stereocenters. The van der Waals surface area contributed by atoms with Crippen molar-refractivity contribution in [3.05, 3.63) is 72.6 Å². The number of carbonyl (C=O) groups excluding carboxylic acids is 1. The van der Waals surface area contributed by atoms with E-state index in [9.17, 15) is 4.79 Å². The molecule has 0 radical (unpaired) electrons. The molecule has 120 valence electrons. The van der Waals surface area contributed by atoms with Gasteiger partial charge in [-0.05, 0) is 24.1 Å². The van der Waals surface area contributed by atoms with E-state index in [2.05, 4.69) is 34.6 Å². The number of nitrogens with zero attached hydrogens (tertiary/aromatic N) is 2. The molecule has 3 aromatic rings. The molecular weight excluding hydrogens is 298 g/mol. The van der Waals surface area contributed by atoms with Gasteiger partial charge >= 0.3 is 6.03 Å². The van der Waals surface area contributed by atoms with Crippen LogP contribution in [0.1, 0.15) is 17.9 Å². The van der Waals surface area contributed by atoms with E-state index in [0.717, 1.165) is 36.0 Å². The third-order valence-electron chi connectivity index (χ3n) is 4.67. The molecule has 4 nitrogen and oxygen atoms in total. The van der Waals surface area contributed by atoms with Crippen LogP contribution in [0.25, 0.3) is 10.8 Å². The van der Waals surface area contributed by atoms with E-state index in [-0.39, 0.29) is 6.03 Å². The molecule has 1 saturated heterocycles. The van der Waals surface area contributed by atoms with Crippen molar-refractivity contribution in [3.8, 4) is 0 Å². The van der Waals surface area contributed by atoms with Crippen molar-refractivity contribution >= 4 is 22.5 Å². The van der Waals surface area contributed by atoms with Crippen LogP contribution in [-0.4, -0.2) is 29.0 Å². The first-order valence-electron chi connectivity index (χ1n) is 8.25. The largest absolute Gasteiger partial charge is 0.324 e. The maximum Gasteiger partial charge on any atom is 0.321 e. The lowest BCUT2D eigenvalue weighted by Crippen LogP contribution is -2.32. The van der Waals surface area contributed by atoms with E-state index in [4.69, 9.17) is 0 Å². The third-order valence-corrected chi connectivity index (χ3v) is 4.67. The molecule has 0 bridgehead atoms. The smallest absolute Gasteiger partial charge is 0.321 e. The minimum Gasteiger partial charge on any atom is -0.324 e. The van der Waals surface area contributed by atoms with Crippen molar-refractivity contribution in [2.24, 2.45) is 0 Å². The first-order valence-corrected chi connectivity index (χ1v) is 8.25. The SMILES string of the molecule is O=C(Nc1cccc2cnccc12)N1CC[C@@H](c2ccccc2)C1. The average molecular weight is 317 g/mol. The molecule has 1 aliphatic heterocycles. The Morgan fingerprint density at radius 3 is 2.83 bits per heavy atom. The predicted molar refractivity (Wildman–Crippen MR) is 96.1 cm³/mol. The highest BCUT2D eigenvalue weighted by Crippen LogP contribution is 2.28. The van der Waals surface area contributed by atoms with Gasteiger partial charge in [0.05, 0.1) is 5.69 Å². The van der Waals surface area contributed by atoms with Crippen LogP contribution in [0, 0.1) is 0 Å². The molecule has 0 spiro atoms. The number of carbonyl (C=O) groups is 1. The molecule has 4 rings (SSSR count). The normalized spacial score (nSPS) is 17.2. The summed E-state index contributed by atoms with van der Waals surface area (Å²) in [5.74, 6) is 0.425. The van der Waals surface area contributed by atoms with E-state index in [1.807, 2.05) is 41.4 Å². The van der Waals surface area contributed by atoms with Gasteiger partial charge in [-0.1, -0.05) is 42.5 Å². The van der Waals surface area contributed by atoms with Gasteiger partial charge in [0, 0.05) is 42.2 Å². The number of amides is 2. The number of hydrogen-bond acceptors (Lipinski definition) is 2. The second-order valence-electron chi connectivity index (χ2n) is 6.17. The third kappa shape index (κ3) is 2.83. The van der Waals surface area contributed by atoms with Crippen LogP contribution in [0.4, 0.5) is 10.5 Å². The Kier molecular flexibility index (Phi) is 3.87. The summed E-state index contributed by atoms with van der Waals surface area (Å²) < 4.78 is 0. The van der Waals surface area contributed by atoms with E-state index < -0.39 is 0 Å². The summed E-state index contributed by atoms with van der Waals surface area (Å²) in [7, 11) is 0. The summed E-state index contributed by atoms with van der Waals surface area (Å²) in [5.41, 5.74) is 2.15. The summed E-state index contributed by atoms with van der Waals surface area (Å²) in [5, 5.41) is 5.10. The van der Waals surface area contributed by atoms with Gasteiger partial charge in [0.15, 0.2) is 0 Å². The van der Waals surface area contributed by atoms with Crippen LogP contribution in [0.5, 0.6) is 0 Å². The fraction of sp³-hybridized carbons (Fsp3) is 0.200. The maximum atomic E-state index is 12.6. The highest BCUT2D eigenvalue weighted by Gasteiger charge is 2.27. The second-order valence-corrected chi connectivity index (χ2v) is 6.17. The Bertz CT molecular complexity index is 858. The summed E-state index contributed by atoms with van der Waals surface area (Å²) in [6.07, 6.45) is 4.57. The van der Waals surface area contributed by atoms with Crippen molar-refractivity contribution in [3.63, 3.8) is 0 Å². The monoisotopic (exact) mass is 317 g/mol. The molecule has 0 unspecified atom stereocenters. The summed E-state index contributed by atoms with van der Waals surface area (Å²) in [6.45, 7) is 1.56. The minimum atomic E-state index is -0.0299. The zero-order chi connectivity index (χ0) is 16.4. The minimum absolute atomic E-state index is 0.0299. The number of urea groups is 1. The fourth-order valence-corrected chi connectivity index (χ4v) is 3.37. The first-order chi connectivity index (χ1) is 11.8. The molecule has 1 aliphatic rings. The number of pyridine rings is 1. The van der Waals surface area contributed by atoms with Gasteiger partial charge in [-0.2, -0.15) is 0 Å². The molecule has 2 aromatic carbocycles. The number of anilines is 1. The van der Waals surface area contributed by atoms with Gasteiger partial charge in [0.1, 0.15) is 0 Å². The van der Waals surface area contributed by atoms with Crippen molar-refractivity contribution in [1.82, 2.24) is 9.88 Å². The van der Waals surface area contributed by atoms with Crippen LogP contribution in [0.2, 0.25) is 0 Å². The van der Waals surface area contributed by atoms with Crippen LogP contribution < -0.4 is 5.32 Å². The molecule has 0 saturated carbocycles. The molecule has 4 heteroatoms. The number of likely N-dealkylation sites (tertiary alicyclic amines) is 1. The Morgan fingerprint density at radius 1 is 1.08 bits per heavy atom. The quantitative estimate of drug-likeness (QED) is 0.767. The van der Waals surface area contributed by atoms with E-state index >= 15 is 0 Å². The number of aromatic nitrogens is 1. The molecule has 24 heavy (non-hydrogen) atoms. The molecule has 0 aliphatic carbocycles. The van der Waals surface area contributed by atoms with Crippen molar-refractivity contribution < 1.29 is 4.79 Å². The fourth-order valence-electron chi connectivity index (χ4n) is 3.37. The molecular formula is C20H19N3O. The number of fused-ring (bicyclic) bond motifs is 1. The summed E-state index contributed by atoms with van der Waals surface area (Å²) in [4.78, 5) is 18.7. The van der Waals surface area contributed by atoms with Gasteiger partial charge in [-0.15, -0.1) is 0 Å².